The maximum atomic E-state index is 12.0. The molecule has 1 aliphatic heterocycles. The van der Waals surface area contributed by atoms with Crippen LogP contribution in [0.5, 0.6) is 0 Å². The Morgan fingerprint density at radius 2 is 2.00 bits per heavy atom. The molecular formula is C17H25N3O2. The van der Waals surface area contributed by atoms with Crippen molar-refractivity contribution in [2.75, 3.05) is 6.54 Å². The number of carbonyl (C=O) groups is 2. The molecule has 1 heterocycles. The normalized spacial score (nSPS) is 18.5. The average Bonchev–Trinajstić information content (AvgIpc) is 2.78. The summed E-state index contributed by atoms with van der Waals surface area (Å²) in [5.74, 6) is 0.0942. The average molecular weight is 303 g/mol. The van der Waals surface area contributed by atoms with Crippen LogP contribution in [0.1, 0.15) is 38.3 Å². The number of likely N-dealkylation sites (tertiary alicyclic amines) is 1. The number of urea groups is 1. The lowest BCUT2D eigenvalue weighted by atomic mass is 10.1. The number of nitrogens with zero attached hydrogens (tertiary/aromatic N) is 1. The third-order valence-electron chi connectivity index (χ3n) is 3.97. The lowest BCUT2D eigenvalue weighted by Crippen LogP contribution is -2.46. The lowest BCUT2D eigenvalue weighted by molar-refractivity contribution is -0.131. The third kappa shape index (κ3) is 4.00. The minimum atomic E-state index is -0.225. The fourth-order valence-corrected chi connectivity index (χ4v) is 2.67. The van der Waals surface area contributed by atoms with Crippen LogP contribution in [-0.2, 0) is 11.3 Å². The molecule has 1 atom stereocenters. The first kappa shape index (κ1) is 16.3. The van der Waals surface area contributed by atoms with Gasteiger partial charge in [-0.25, -0.2) is 4.79 Å². The van der Waals surface area contributed by atoms with Crippen molar-refractivity contribution in [2.45, 2.75) is 52.2 Å². The van der Waals surface area contributed by atoms with Gasteiger partial charge in [-0.05, 0) is 38.8 Å². The number of hydrogen-bond donors (Lipinski definition) is 2. The van der Waals surface area contributed by atoms with Crippen LogP contribution in [0.15, 0.2) is 24.3 Å². The third-order valence-corrected chi connectivity index (χ3v) is 3.97. The number of hydrogen-bond acceptors (Lipinski definition) is 2. The van der Waals surface area contributed by atoms with E-state index in [0.717, 1.165) is 11.1 Å². The summed E-state index contributed by atoms with van der Waals surface area (Å²) in [7, 11) is 0. The van der Waals surface area contributed by atoms with Crippen molar-refractivity contribution < 1.29 is 9.59 Å². The molecular weight excluding hydrogens is 278 g/mol. The molecule has 0 aliphatic carbocycles. The number of amides is 3. The van der Waals surface area contributed by atoms with Crippen molar-refractivity contribution in [1.82, 2.24) is 15.5 Å². The maximum Gasteiger partial charge on any atom is 0.315 e. The van der Waals surface area contributed by atoms with Gasteiger partial charge in [0.15, 0.2) is 0 Å². The Labute approximate surface area is 132 Å². The van der Waals surface area contributed by atoms with Gasteiger partial charge < -0.3 is 15.5 Å². The van der Waals surface area contributed by atoms with Gasteiger partial charge in [-0.2, -0.15) is 0 Å². The lowest BCUT2D eigenvalue weighted by Gasteiger charge is -2.32. The first-order chi connectivity index (χ1) is 10.3. The standard InChI is InChI=1S/C17H25N3O2/c1-12-7-5-6-8-13(12)10-18-16(22)19-14-9-15(21)20(11-14)17(2,3)4/h5-8,14H,9-11H2,1-4H3,(H2,18,19,22). The molecule has 3 amide bonds. The molecule has 22 heavy (non-hydrogen) atoms. The highest BCUT2D eigenvalue weighted by Gasteiger charge is 2.36. The highest BCUT2D eigenvalue weighted by Crippen LogP contribution is 2.21. The first-order valence-electron chi connectivity index (χ1n) is 7.66. The number of carbonyl (C=O) groups excluding carboxylic acids is 2. The van der Waals surface area contributed by atoms with E-state index in [2.05, 4.69) is 10.6 Å². The van der Waals surface area contributed by atoms with Crippen molar-refractivity contribution in [3.8, 4) is 0 Å². The number of benzene rings is 1. The molecule has 2 rings (SSSR count). The summed E-state index contributed by atoms with van der Waals surface area (Å²) >= 11 is 0. The van der Waals surface area contributed by atoms with Crippen molar-refractivity contribution in [3.63, 3.8) is 0 Å². The van der Waals surface area contributed by atoms with Gasteiger partial charge in [0.2, 0.25) is 5.91 Å². The highest BCUT2D eigenvalue weighted by atomic mass is 16.2. The van der Waals surface area contributed by atoms with Crippen LogP contribution in [0, 0.1) is 6.92 Å². The summed E-state index contributed by atoms with van der Waals surface area (Å²) < 4.78 is 0. The van der Waals surface area contributed by atoms with Crippen LogP contribution in [0.3, 0.4) is 0 Å². The topological polar surface area (TPSA) is 61.4 Å². The van der Waals surface area contributed by atoms with E-state index in [4.69, 9.17) is 0 Å². The molecule has 0 spiro atoms. The van der Waals surface area contributed by atoms with Crippen molar-refractivity contribution in [2.24, 2.45) is 0 Å². The Morgan fingerprint density at radius 3 is 2.59 bits per heavy atom. The van der Waals surface area contributed by atoms with Gasteiger partial charge in [0.25, 0.3) is 0 Å². The quantitative estimate of drug-likeness (QED) is 0.899. The zero-order valence-corrected chi connectivity index (χ0v) is 13.8. The highest BCUT2D eigenvalue weighted by molar-refractivity contribution is 5.82. The minimum absolute atomic E-state index is 0.0942. The van der Waals surface area contributed by atoms with Crippen molar-refractivity contribution in [3.05, 3.63) is 35.4 Å². The van der Waals surface area contributed by atoms with Crippen molar-refractivity contribution in [1.29, 1.82) is 0 Å². The second-order valence-corrected chi connectivity index (χ2v) is 6.83. The second kappa shape index (κ2) is 6.38. The Balaban J connectivity index is 1.84. The zero-order valence-electron chi connectivity index (χ0n) is 13.8. The molecule has 120 valence electrons. The molecule has 5 nitrogen and oxygen atoms in total. The smallest absolute Gasteiger partial charge is 0.315 e. The van der Waals surface area contributed by atoms with E-state index < -0.39 is 0 Å². The first-order valence-corrected chi connectivity index (χ1v) is 7.66. The fraction of sp³-hybridized carbons (Fsp3) is 0.529. The van der Waals surface area contributed by atoms with E-state index in [1.165, 1.54) is 0 Å². The van der Waals surface area contributed by atoms with Gasteiger partial charge >= 0.3 is 6.03 Å². The predicted molar refractivity (Wildman–Crippen MR) is 86.4 cm³/mol. The minimum Gasteiger partial charge on any atom is -0.336 e. The van der Waals surface area contributed by atoms with E-state index >= 15 is 0 Å². The number of rotatable bonds is 3. The molecule has 0 saturated carbocycles. The Kier molecular flexibility index (Phi) is 4.74. The zero-order chi connectivity index (χ0) is 16.3. The monoisotopic (exact) mass is 303 g/mol. The molecule has 0 bridgehead atoms. The van der Waals surface area contributed by atoms with Crippen LogP contribution in [0.2, 0.25) is 0 Å². The van der Waals surface area contributed by atoms with Gasteiger partial charge in [0.05, 0.1) is 6.04 Å². The van der Waals surface area contributed by atoms with E-state index in [1.807, 2.05) is 56.9 Å². The number of aryl methyl sites for hydroxylation is 1. The fourth-order valence-electron chi connectivity index (χ4n) is 2.67. The van der Waals surface area contributed by atoms with Gasteiger partial charge in [0.1, 0.15) is 0 Å². The SMILES string of the molecule is Cc1ccccc1CNC(=O)NC1CC(=O)N(C(C)(C)C)C1. The van der Waals surface area contributed by atoms with Crippen LogP contribution in [-0.4, -0.2) is 35.0 Å². The summed E-state index contributed by atoms with van der Waals surface area (Å²) in [6, 6.07) is 7.60. The largest absolute Gasteiger partial charge is 0.336 e. The molecule has 0 aromatic heterocycles. The molecule has 1 aromatic rings. The molecule has 1 unspecified atom stereocenters. The van der Waals surface area contributed by atoms with E-state index in [9.17, 15) is 9.59 Å². The van der Waals surface area contributed by atoms with E-state index in [0.29, 0.717) is 19.5 Å². The Morgan fingerprint density at radius 1 is 1.32 bits per heavy atom. The maximum absolute atomic E-state index is 12.0. The molecule has 1 saturated heterocycles. The molecule has 5 heteroatoms. The van der Waals surface area contributed by atoms with Gasteiger partial charge in [-0.1, -0.05) is 24.3 Å². The van der Waals surface area contributed by atoms with Crippen LogP contribution in [0.25, 0.3) is 0 Å². The van der Waals surface area contributed by atoms with Crippen molar-refractivity contribution >= 4 is 11.9 Å². The Hall–Kier alpha value is -2.04. The van der Waals surface area contributed by atoms with E-state index in [-0.39, 0.29) is 23.5 Å². The van der Waals surface area contributed by atoms with Gasteiger partial charge in [-0.3, -0.25) is 4.79 Å². The van der Waals surface area contributed by atoms with Crippen LogP contribution in [0.4, 0.5) is 4.79 Å². The van der Waals surface area contributed by atoms with Crippen LogP contribution >= 0.6 is 0 Å². The Bertz CT molecular complexity index is 563. The molecule has 1 fully saturated rings. The summed E-state index contributed by atoms with van der Waals surface area (Å²) in [5, 5.41) is 5.74. The summed E-state index contributed by atoms with van der Waals surface area (Å²) in [5.41, 5.74) is 2.04. The number of nitrogens with one attached hydrogen (secondary N) is 2. The molecule has 1 aromatic carbocycles. The molecule has 1 aliphatic rings. The second-order valence-electron chi connectivity index (χ2n) is 6.83. The summed E-state index contributed by atoms with van der Waals surface area (Å²) in [6.45, 7) is 9.09. The molecule has 0 radical (unpaired) electrons. The van der Waals surface area contributed by atoms with E-state index in [1.54, 1.807) is 0 Å². The summed E-state index contributed by atoms with van der Waals surface area (Å²) in [4.78, 5) is 25.8. The molecule has 2 N–H and O–H groups in total. The van der Waals surface area contributed by atoms with Gasteiger partial charge in [-0.15, -0.1) is 0 Å². The van der Waals surface area contributed by atoms with Gasteiger partial charge in [0, 0.05) is 25.0 Å². The summed E-state index contributed by atoms with van der Waals surface area (Å²) in [6.07, 6.45) is 0.370. The predicted octanol–water partition coefficient (Wildman–Crippen LogP) is 2.19. The van der Waals surface area contributed by atoms with Crippen LogP contribution < -0.4 is 10.6 Å².